The Morgan fingerprint density at radius 3 is 2.70 bits per heavy atom. The summed E-state index contributed by atoms with van der Waals surface area (Å²) in [5.41, 5.74) is 6.42. The van der Waals surface area contributed by atoms with Gasteiger partial charge in [0.2, 0.25) is 5.88 Å². The highest BCUT2D eigenvalue weighted by molar-refractivity contribution is 6.13. The second-order valence-corrected chi connectivity index (χ2v) is 11.4. The van der Waals surface area contributed by atoms with Gasteiger partial charge in [0, 0.05) is 68.8 Å². The Hall–Kier alpha value is -3.72. The number of aryl methyl sites for hydroxylation is 2. The lowest BCUT2D eigenvalue weighted by Crippen LogP contribution is -2.44. The van der Waals surface area contributed by atoms with Gasteiger partial charge in [-0.15, -0.1) is 0 Å². The van der Waals surface area contributed by atoms with Crippen molar-refractivity contribution in [3.05, 3.63) is 53.3 Å². The second kappa shape index (κ2) is 11.0. The number of nitrogens with zero attached hydrogens (tertiary/aromatic N) is 7. The number of anilines is 2. The molecule has 1 aromatic carbocycles. The van der Waals surface area contributed by atoms with Crippen molar-refractivity contribution in [1.82, 2.24) is 19.7 Å². The van der Waals surface area contributed by atoms with Crippen LogP contribution in [-0.2, 0) is 13.5 Å². The van der Waals surface area contributed by atoms with E-state index < -0.39 is 0 Å². The molecule has 3 aliphatic heterocycles. The molecular formula is C31H39N7O2. The number of benzene rings is 1. The first-order chi connectivity index (χ1) is 19.4. The molecule has 2 aromatic heterocycles. The van der Waals surface area contributed by atoms with E-state index >= 15 is 0 Å². The van der Waals surface area contributed by atoms with Crippen LogP contribution in [-0.4, -0.2) is 77.8 Å². The molecule has 3 aromatic rings. The SMILES string of the molecule is CC[C@@H]1CCCOc2c(cnn2C)-c2cc(cc(C)n2)C(=O)N=C2Cc3ccc(N4CCN(C)CC4)cc3N2C1. The lowest BCUT2D eigenvalue weighted by molar-refractivity contribution is 0.100. The molecule has 1 atom stereocenters. The number of carbonyl (C=O) groups excluding carboxylic acids is 1. The summed E-state index contributed by atoms with van der Waals surface area (Å²) in [7, 11) is 4.05. The average Bonchev–Trinajstić information content (AvgIpc) is 3.48. The monoisotopic (exact) mass is 541 g/mol. The number of hydrogen-bond acceptors (Lipinski definition) is 7. The van der Waals surface area contributed by atoms with Crippen LogP contribution in [0.3, 0.4) is 0 Å². The van der Waals surface area contributed by atoms with Crippen LogP contribution in [0.15, 0.2) is 41.5 Å². The summed E-state index contributed by atoms with van der Waals surface area (Å²) in [6.45, 7) is 9.76. The number of carbonyl (C=O) groups is 1. The summed E-state index contributed by atoms with van der Waals surface area (Å²) in [4.78, 5) is 30.3. The van der Waals surface area contributed by atoms with Gasteiger partial charge in [0.15, 0.2) is 0 Å². The highest BCUT2D eigenvalue weighted by atomic mass is 16.5. The predicted molar refractivity (Wildman–Crippen MR) is 159 cm³/mol. The second-order valence-electron chi connectivity index (χ2n) is 11.4. The molecule has 9 nitrogen and oxygen atoms in total. The fourth-order valence-corrected chi connectivity index (χ4v) is 6.03. The van der Waals surface area contributed by atoms with Crippen LogP contribution in [0.5, 0.6) is 5.88 Å². The Morgan fingerprint density at radius 2 is 1.90 bits per heavy atom. The maximum absolute atomic E-state index is 13.7. The van der Waals surface area contributed by atoms with Crippen LogP contribution in [0.1, 0.15) is 47.8 Å². The van der Waals surface area contributed by atoms with Crippen molar-refractivity contribution < 1.29 is 9.53 Å². The molecule has 1 amide bonds. The third-order valence-electron chi connectivity index (χ3n) is 8.49. The first-order valence-corrected chi connectivity index (χ1v) is 14.5. The minimum atomic E-state index is -0.242. The van der Waals surface area contributed by atoms with Crippen molar-refractivity contribution in [2.45, 2.75) is 39.5 Å². The van der Waals surface area contributed by atoms with Crippen LogP contribution < -0.4 is 14.5 Å². The van der Waals surface area contributed by atoms with Gasteiger partial charge in [0.1, 0.15) is 5.84 Å². The molecule has 0 spiro atoms. The van der Waals surface area contributed by atoms with Gasteiger partial charge in [-0.2, -0.15) is 10.1 Å². The van der Waals surface area contributed by atoms with Gasteiger partial charge in [-0.1, -0.05) is 19.4 Å². The number of amidine groups is 1. The Labute approximate surface area is 236 Å². The minimum Gasteiger partial charge on any atom is -0.477 e. The van der Waals surface area contributed by atoms with Gasteiger partial charge in [-0.25, -0.2) is 4.68 Å². The summed E-state index contributed by atoms with van der Waals surface area (Å²) in [6.07, 6.45) is 5.43. The molecule has 40 heavy (non-hydrogen) atoms. The van der Waals surface area contributed by atoms with Crippen LogP contribution in [0.25, 0.3) is 11.3 Å². The largest absolute Gasteiger partial charge is 0.477 e. The highest BCUT2D eigenvalue weighted by Gasteiger charge is 2.30. The molecule has 5 heterocycles. The fraction of sp³-hybridized carbons (Fsp3) is 0.484. The number of hydrogen-bond donors (Lipinski definition) is 0. The van der Waals surface area contributed by atoms with Crippen molar-refractivity contribution in [3.8, 4) is 17.1 Å². The molecule has 3 aliphatic rings. The Balaban J connectivity index is 1.39. The number of pyridine rings is 1. The molecule has 210 valence electrons. The summed E-state index contributed by atoms with van der Waals surface area (Å²) in [6, 6.07) is 10.4. The number of ether oxygens (including phenoxy) is 1. The van der Waals surface area contributed by atoms with Crippen LogP contribution in [0, 0.1) is 12.8 Å². The van der Waals surface area contributed by atoms with E-state index in [9.17, 15) is 4.79 Å². The summed E-state index contributed by atoms with van der Waals surface area (Å²) in [5, 5.41) is 4.41. The molecule has 1 fully saturated rings. The number of aliphatic imine (C=N–C) groups is 1. The number of rotatable bonds is 2. The van der Waals surface area contributed by atoms with Gasteiger partial charge in [-0.05, 0) is 62.6 Å². The van der Waals surface area contributed by atoms with Crippen LogP contribution in [0.2, 0.25) is 0 Å². The molecule has 0 N–H and O–H groups in total. The number of fused-ring (bicyclic) bond motifs is 7. The van der Waals surface area contributed by atoms with Gasteiger partial charge in [0.05, 0.1) is 24.1 Å². The van der Waals surface area contributed by atoms with Crippen molar-refractivity contribution in [1.29, 1.82) is 0 Å². The Bertz CT molecular complexity index is 1440. The molecule has 1 saturated heterocycles. The van der Waals surface area contributed by atoms with Crippen molar-refractivity contribution >= 4 is 23.1 Å². The maximum atomic E-state index is 13.7. The van der Waals surface area contributed by atoms with E-state index in [4.69, 9.17) is 14.7 Å². The number of likely N-dealkylation sites (N-methyl/N-ethyl adjacent to an activating group) is 1. The minimum absolute atomic E-state index is 0.242. The van der Waals surface area contributed by atoms with E-state index in [1.54, 1.807) is 10.9 Å². The van der Waals surface area contributed by atoms with E-state index in [0.717, 1.165) is 69.1 Å². The third-order valence-corrected chi connectivity index (χ3v) is 8.49. The summed E-state index contributed by atoms with van der Waals surface area (Å²) < 4.78 is 7.99. The smallest absolute Gasteiger partial charge is 0.278 e. The topological polar surface area (TPSA) is 79.1 Å². The highest BCUT2D eigenvalue weighted by Crippen LogP contribution is 2.36. The molecule has 9 heteroatoms. The quantitative estimate of drug-likeness (QED) is 0.478. The standard InChI is InChI=1S/C31H39N7O2/c1-5-22-7-6-14-40-31-26(19-32-36(31)4)27-16-24(15-21(2)33-27)30(39)34-29-17-23-8-9-25(18-28(23)38(29)20-22)37-12-10-35(3)11-13-37/h8-9,15-16,18-19,22H,5-7,10-14,17,20H2,1-4H3/t22-/m1/s1. The van der Waals surface area contributed by atoms with Crippen molar-refractivity contribution in [2.75, 3.05) is 56.2 Å². The summed E-state index contributed by atoms with van der Waals surface area (Å²) >= 11 is 0. The zero-order valence-electron chi connectivity index (χ0n) is 24.1. The third kappa shape index (κ3) is 5.22. The van der Waals surface area contributed by atoms with E-state index in [1.807, 2.05) is 26.1 Å². The van der Waals surface area contributed by atoms with Gasteiger partial charge in [-0.3, -0.25) is 9.78 Å². The zero-order valence-corrected chi connectivity index (χ0v) is 24.1. The van der Waals surface area contributed by atoms with Crippen LogP contribution in [0.4, 0.5) is 11.4 Å². The number of amides is 1. The first kappa shape index (κ1) is 26.5. The molecule has 0 unspecified atom stereocenters. The van der Waals surface area contributed by atoms with Crippen LogP contribution >= 0.6 is 0 Å². The van der Waals surface area contributed by atoms with Crippen molar-refractivity contribution in [3.63, 3.8) is 0 Å². The lowest BCUT2D eigenvalue weighted by atomic mass is 9.99. The van der Waals surface area contributed by atoms with Crippen molar-refractivity contribution in [2.24, 2.45) is 18.0 Å². The molecule has 0 aliphatic carbocycles. The Kier molecular flexibility index (Phi) is 7.31. The molecule has 0 radical (unpaired) electrons. The summed E-state index contributed by atoms with van der Waals surface area (Å²) in [5.74, 6) is 1.71. The average molecular weight is 542 g/mol. The number of aromatic nitrogens is 3. The fourth-order valence-electron chi connectivity index (χ4n) is 6.03. The van der Waals surface area contributed by atoms with Gasteiger partial charge >= 0.3 is 0 Å². The predicted octanol–water partition coefficient (Wildman–Crippen LogP) is 4.34. The zero-order chi connectivity index (χ0) is 27.8. The van der Waals surface area contributed by atoms with Gasteiger partial charge in [0.25, 0.3) is 5.91 Å². The van der Waals surface area contributed by atoms with E-state index in [0.29, 0.717) is 36.1 Å². The molecule has 2 bridgehead atoms. The normalized spacial score (nSPS) is 20.1. The molecule has 0 saturated carbocycles. The van der Waals surface area contributed by atoms with E-state index in [1.165, 1.54) is 16.9 Å². The van der Waals surface area contributed by atoms with E-state index in [-0.39, 0.29) is 5.91 Å². The van der Waals surface area contributed by atoms with Gasteiger partial charge < -0.3 is 19.4 Å². The number of piperazine rings is 1. The maximum Gasteiger partial charge on any atom is 0.278 e. The lowest BCUT2D eigenvalue weighted by Gasteiger charge is -2.34. The molecular weight excluding hydrogens is 502 g/mol. The molecule has 6 rings (SSSR count). The Morgan fingerprint density at radius 1 is 1.07 bits per heavy atom. The van der Waals surface area contributed by atoms with E-state index in [2.05, 4.69) is 52.0 Å². The first-order valence-electron chi connectivity index (χ1n) is 14.5.